The second-order valence-electron chi connectivity index (χ2n) is 5.66. The second kappa shape index (κ2) is 8.17. The summed E-state index contributed by atoms with van der Waals surface area (Å²) < 4.78 is 54.3. The van der Waals surface area contributed by atoms with Crippen molar-refractivity contribution in [3.8, 4) is 0 Å². The molecule has 1 saturated carbocycles. The van der Waals surface area contributed by atoms with Gasteiger partial charge in [0.1, 0.15) is 6.61 Å². The first-order valence-corrected chi connectivity index (χ1v) is 7.31. The highest BCUT2D eigenvalue weighted by atomic mass is 19.3. The van der Waals surface area contributed by atoms with E-state index in [1.165, 1.54) is 6.42 Å². The molecule has 0 bridgehead atoms. The molecule has 1 unspecified atom stereocenters. The number of rotatable bonds is 8. The first-order chi connectivity index (χ1) is 9.40. The highest BCUT2D eigenvalue weighted by Gasteiger charge is 2.41. The van der Waals surface area contributed by atoms with Crippen LogP contribution in [0.2, 0.25) is 0 Å². The Balaban J connectivity index is 2.33. The third-order valence-electron chi connectivity index (χ3n) is 4.32. The smallest absolute Gasteiger partial charge is 0.330 e. The summed E-state index contributed by atoms with van der Waals surface area (Å²) in [7, 11) is 1.76. The van der Waals surface area contributed by atoms with Crippen molar-refractivity contribution < 1.29 is 22.3 Å². The van der Waals surface area contributed by atoms with Crippen LogP contribution in [0, 0.1) is 11.8 Å². The lowest BCUT2D eigenvalue weighted by Gasteiger charge is -2.33. The normalized spacial score (nSPS) is 25.9. The van der Waals surface area contributed by atoms with Crippen LogP contribution in [0.1, 0.15) is 39.0 Å². The van der Waals surface area contributed by atoms with E-state index in [1.807, 2.05) is 0 Å². The summed E-state index contributed by atoms with van der Waals surface area (Å²) in [5.41, 5.74) is 0. The predicted octanol–water partition coefficient (Wildman–Crippen LogP) is 3.71. The molecule has 120 valence electrons. The fourth-order valence-corrected chi connectivity index (χ4v) is 2.84. The van der Waals surface area contributed by atoms with E-state index in [-0.39, 0.29) is 12.6 Å². The van der Waals surface area contributed by atoms with E-state index in [1.54, 1.807) is 7.05 Å². The number of hydrogen-bond acceptors (Lipinski definition) is 2. The molecule has 0 aromatic rings. The SMILES string of the molecule is CCC1CCC(C(COCC(F)(F)C(F)F)NC)CC1. The molecule has 1 rings (SSSR count). The van der Waals surface area contributed by atoms with Crippen LogP contribution in [0.4, 0.5) is 17.6 Å². The minimum atomic E-state index is -4.06. The second-order valence-corrected chi connectivity index (χ2v) is 5.66. The van der Waals surface area contributed by atoms with Crippen LogP contribution >= 0.6 is 0 Å². The van der Waals surface area contributed by atoms with Gasteiger partial charge in [-0.1, -0.05) is 26.2 Å². The number of likely N-dealkylation sites (N-methyl/N-ethyl adjacent to an activating group) is 1. The van der Waals surface area contributed by atoms with Crippen molar-refractivity contribution in [2.75, 3.05) is 20.3 Å². The Morgan fingerprint density at radius 3 is 2.25 bits per heavy atom. The molecule has 0 aliphatic heterocycles. The summed E-state index contributed by atoms with van der Waals surface area (Å²) in [6.45, 7) is 1.02. The van der Waals surface area contributed by atoms with Gasteiger partial charge in [0.25, 0.3) is 0 Å². The molecule has 1 aliphatic rings. The summed E-state index contributed by atoms with van der Waals surface area (Å²) in [5, 5.41) is 3.06. The number of nitrogens with one attached hydrogen (secondary N) is 1. The Bertz CT molecular complexity index is 268. The molecule has 0 spiro atoms. The summed E-state index contributed by atoms with van der Waals surface area (Å²) >= 11 is 0. The maximum absolute atomic E-state index is 12.7. The molecule has 1 aliphatic carbocycles. The third-order valence-corrected chi connectivity index (χ3v) is 4.32. The molecular formula is C14H25F4NO. The average Bonchev–Trinajstić information content (AvgIpc) is 2.43. The van der Waals surface area contributed by atoms with Gasteiger partial charge in [0.15, 0.2) is 0 Å². The van der Waals surface area contributed by atoms with Gasteiger partial charge >= 0.3 is 12.3 Å². The van der Waals surface area contributed by atoms with Crippen molar-refractivity contribution in [2.45, 2.75) is 57.4 Å². The molecule has 0 aromatic heterocycles. The maximum Gasteiger partial charge on any atom is 0.330 e. The molecule has 1 atom stereocenters. The molecule has 6 heteroatoms. The number of alkyl halides is 4. The topological polar surface area (TPSA) is 21.3 Å². The molecule has 1 fully saturated rings. The Labute approximate surface area is 118 Å². The van der Waals surface area contributed by atoms with Crippen LogP contribution in [-0.2, 0) is 4.74 Å². The van der Waals surface area contributed by atoms with E-state index in [0.717, 1.165) is 31.6 Å². The first kappa shape index (κ1) is 17.7. The van der Waals surface area contributed by atoms with Crippen LogP contribution < -0.4 is 5.32 Å². The van der Waals surface area contributed by atoms with E-state index < -0.39 is 19.0 Å². The van der Waals surface area contributed by atoms with Gasteiger partial charge in [0.2, 0.25) is 0 Å². The Morgan fingerprint density at radius 2 is 1.80 bits per heavy atom. The Morgan fingerprint density at radius 1 is 1.20 bits per heavy atom. The van der Waals surface area contributed by atoms with Crippen LogP contribution in [0.3, 0.4) is 0 Å². The van der Waals surface area contributed by atoms with Crippen molar-refractivity contribution in [3.63, 3.8) is 0 Å². The molecule has 0 heterocycles. The van der Waals surface area contributed by atoms with E-state index in [2.05, 4.69) is 12.2 Å². The highest BCUT2D eigenvalue weighted by molar-refractivity contribution is 4.81. The molecule has 0 amide bonds. The third kappa shape index (κ3) is 5.20. The van der Waals surface area contributed by atoms with Gasteiger partial charge < -0.3 is 10.1 Å². The van der Waals surface area contributed by atoms with Gasteiger partial charge in [-0.2, -0.15) is 8.78 Å². The van der Waals surface area contributed by atoms with Crippen molar-refractivity contribution in [1.29, 1.82) is 0 Å². The molecule has 0 radical (unpaired) electrons. The number of halogens is 4. The lowest BCUT2D eigenvalue weighted by atomic mass is 9.78. The minimum Gasteiger partial charge on any atom is -0.373 e. The summed E-state index contributed by atoms with van der Waals surface area (Å²) in [5.74, 6) is -2.92. The van der Waals surface area contributed by atoms with E-state index in [4.69, 9.17) is 4.74 Å². The van der Waals surface area contributed by atoms with Gasteiger partial charge in [-0.25, -0.2) is 8.78 Å². The largest absolute Gasteiger partial charge is 0.373 e. The number of hydrogen-bond donors (Lipinski definition) is 1. The van der Waals surface area contributed by atoms with Gasteiger partial charge in [-0.05, 0) is 31.7 Å². The summed E-state index contributed by atoms with van der Waals surface area (Å²) in [4.78, 5) is 0. The van der Waals surface area contributed by atoms with E-state index >= 15 is 0 Å². The summed E-state index contributed by atoms with van der Waals surface area (Å²) in [6, 6.07) is -0.0405. The zero-order valence-corrected chi connectivity index (χ0v) is 12.2. The molecule has 1 N–H and O–H groups in total. The lowest BCUT2D eigenvalue weighted by Crippen LogP contribution is -2.41. The maximum atomic E-state index is 12.7. The lowest BCUT2D eigenvalue weighted by molar-refractivity contribution is -0.167. The zero-order chi connectivity index (χ0) is 15.2. The van der Waals surface area contributed by atoms with Gasteiger partial charge in [0, 0.05) is 6.04 Å². The molecule has 20 heavy (non-hydrogen) atoms. The zero-order valence-electron chi connectivity index (χ0n) is 12.2. The Kier molecular flexibility index (Phi) is 7.23. The van der Waals surface area contributed by atoms with E-state index in [9.17, 15) is 17.6 Å². The minimum absolute atomic E-state index is 0.0405. The van der Waals surface area contributed by atoms with Gasteiger partial charge in [-0.3, -0.25) is 0 Å². The fraction of sp³-hybridized carbons (Fsp3) is 1.00. The predicted molar refractivity (Wildman–Crippen MR) is 70.4 cm³/mol. The van der Waals surface area contributed by atoms with Crippen LogP contribution in [0.5, 0.6) is 0 Å². The van der Waals surface area contributed by atoms with Crippen LogP contribution in [-0.4, -0.2) is 38.7 Å². The number of ether oxygens (including phenoxy) is 1. The van der Waals surface area contributed by atoms with Crippen molar-refractivity contribution in [1.82, 2.24) is 5.32 Å². The van der Waals surface area contributed by atoms with Gasteiger partial charge in [-0.15, -0.1) is 0 Å². The first-order valence-electron chi connectivity index (χ1n) is 7.31. The van der Waals surface area contributed by atoms with Gasteiger partial charge in [0.05, 0.1) is 6.61 Å². The van der Waals surface area contributed by atoms with Crippen molar-refractivity contribution in [2.24, 2.45) is 11.8 Å². The molecule has 0 saturated heterocycles. The summed E-state index contributed by atoms with van der Waals surface area (Å²) in [6.07, 6.45) is 1.88. The van der Waals surface area contributed by atoms with Crippen molar-refractivity contribution in [3.05, 3.63) is 0 Å². The highest BCUT2D eigenvalue weighted by Crippen LogP contribution is 2.32. The monoisotopic (exact) mass is 299 g/mol. The van der Waals surface area contributed by atoms with Crippen LogP contribution in [0.25, 0.3) is 0 Å². The molecular weight excluding hydrogens is 274 g/mol. The van der Waals surface area contributed by atoms with Crippen LogP contribution in [0.15, 0.2) is 0 Å². The Hall–Kier alpha value is -0.360. The fourth-order valence-electron chi connectivity index (χ4n) is 2.84. The quantitative estimate of drug-likeness (QED) is 0.690. The van der Waals surface area contributed by atoms with Crippen molar-refractivity contribution >= 4 is 0 Å². The standard InChI is InChI=1S/C14H25F4NO/c1-3-10-4-6-11(7-5-10)12(19-2)8-20-9-14(17,18)13(15)16/h10-13,19H,3-9H2,1-2H3. The molecule has 2 nitrogen and oxygen atoms in total. The van der Waals surface area contributed by atoms with E-state index in [0.29, 0.717) is 5.92 Å². The molecule has 0 aromatic carbocycles. The average molecular weight is 299 g/mol.